The zero-order valence-corrected chi connectivity index (χ0v) is 19.7. The number of nitrogens with zero attached hydrogens (tertiary/aromatic N) is 1. The monoisotopic (exact) mass is 473 g/mol. The average Bonchev–Trinajstić information content (AvgIpc) is 3.09. The number of aliphatic hydroxyl groups excluding tert-OH is 1. The van der Waals surface area contributed by atoms with Crippen LogP contribution in [-0.2, 0) is 9.59 Å². The second-order valence-corrected chi connectivity index (χ2v) is 8.59. The maximum absolute atomic E-state index is 13.3. The first-order valence-corrected chi connectivity index (χ1v) is 11.4. The van der Waals surface area contributed by atoms with Crippen molar-refractivity contribution in [2.75, 3.05) is 11.5 Å². The number of amides is 1. The Bertz CT molecular complexity index is 1330. The second-order valence-electron chi connectivity index (χ2n) is 8.59. The van der Waals surface area contributed by atoms with Gasteiger partial charge in [-0.15, -0.1) is 0 Å². The number of benzene rings is 3. The number of aliphatic hydroxyl groups is 1. The molecule has 0 saturated carbocycles. The first-order chi connectivity index (χ1) is 16.7. The number of carbonyl (C=O) groups excluding carboxylic acids is 2. The molecule has 0 bridgehead atoms. The van der Waals surface area contributed by atoms with Gasteiger partial charge >= 0.3 is 0 Å². The Morgan fingerprint density at radius 3 is 2.40 bits per heavy atom. The molecule has 3 aromatic carbocycles. The summed E-state index contributed by atoms with van der Waals surface area (Å²) >= 11 is 0. The van der Waals surface area contributed by atoms with Crippen LogP contribution in [0, 0.1) is 0 Å². The smallest absolute Gasteiger partial charge is 0.300 e. The highest BCUT2D eigenvalue weighted by Crippen LogP contribution is 2.45. The minimum Gasteiger partial charge on any atom is -0.508 e. The fraction of sp³-hybridized carbons (Fsp3) is 0.214. The SMILES string of the molecule is CCOc1ccc(/C(O)=C2/C(=O)C(=O)N(c3ccccc3O)C2c2cccc(O)c2)cc1C(C)C. The van der Waals surface area contributed by atoms with Crippen LogP contribution < -0.4 is 9.64 Å². The number of Topliss-reactive ketones (excluding diaryl/α,β-unsaturated/α-hetero) is 1. The molecular formula is C28H27NO6. The fourth-order valence-corrected chi connectivity index (χ4v) is 4.35. The predicted octanol–water partition coefficient (Wildman–Crippen LogP) is 5.25. The number of phenolic OH excluding ortho intramolecular Hbond substituents is 2. The molecule has 0 spiro atoms. The summed E-state index contributed by atoms with van der Waals surface area (Å²) in [6.07, 6.45) is 0. The predicted molar refractivity (Wildman–Crippen MR) is 133 cm³/mol. The molecule has 7 nitrogen and oxygen atoms in total. The molecule has 0 radical (unpaired) electrons. The van der Waals surface area contributed by atoms with E-state index in [1.165, 1.54) is 24.3 Å². The number of carbonyl (C=O) groups is 2. The van der Waals surface area contributed by atoms with Crippen LogP contribution in [0.4, 0.5) is 5.69 Å². The summed E-state index contributed by atoms with van der Waals surface area (Å²) < 4.78 is 5.71. The normalized spacial score (nSPS) is 17.3. The number of aromatic hydroxyl groups is 2. The van der Waals surface area contributed by atoms with Gasteiger partial charge in [0.15, 0.2) is 0 Å². The number of ketones is 1. The summed E-state index contributed by atoms with van der Waals surface area (Å²) in [5.74, 6) is -1.63. The minimum absolute atomic E-state index is 0.0615. The van der Waals surface area contributed by atoms with Gasteiger partial charge in [-0.2, -0.15) is 0 Å². The van der Waals surface area contributed by atoms with Gasteiger partial charge in [-0.1, -0.05) is 38.1 Å². The summed E-state index contributed by atoms with van der Waals surface area (Å²) in [6, 6.07) is 16.3. The lowest BCUT2D eigenvalue weighted by Gasteiger charge is -2.26. The van der Waals surface area contributed by atoms with Crippen molar-refractivity contribution >= 4 is 23.1 Å². The van der Waals surface area contributed by atoms with Crippen LogP contribution >= 0.6 is 0 Å². The fourth-order valence-electron chi connectivity index (χ4n) is 4.35. The third-order valence-electron chi connectivity index (χ3n) is 5.98. The van der Waals surface area contributed by atoms with Crippen LogP contribution in [0.2, 0.25) is 0 Å². The van der Waals surface area contributed by atoms with E-state index in [9.17, 15) is 24.9 Å². The van der Waals surface area contributed by atoms with Gasteiger partial charge in [0.25, 0.3) is 11.7 Å². The van der Waals surface area contributed by atoms with Crippen molar-refractivity contribution in [3.05, 3.63) is 89.0 Å². The summed E-state index contributed by atoms with van der Waals surface area (Å²) in [6.45, 7) is 6.35. The van der Waals surface area contributed by atoms with Crippen LogP contribution in [-0.4, -0.2) is 33.6 Å². The zero-order valence-electron chi connectivity index (χ0n) is 19.7. The van der Waals surface area contributed by atoms with Crippen molar-refractivity contribution in [1.82, 2.24) is 0 Å². The van der Waals surface area contributed by atoms with Gasteiger partial charge in [0.05, 0.1) is 23.9 Å². The van der Waals surface area contributed by atoms with E-state index >= 15 is 0 Å². The molecule has 1 fully saturated rings. The van der Waals surface area contributed by atoms with Crippen LogP contribution in [0.15, 0.2) is 72.3 Å². The first-order valence-electron chi connectivity index (χ1n) is 11.4. The van der Waals surface area contributed by atoms with Crippen LogP contribution in [0.25, 0.3) is 5.76 Å². The maximum atomic E-state index is 13.3. The highest BCUT2D eigenvalue weighted by Gasteiger charge is 2.47. The van der Waals surface area contributed by atoms with E-state index in [0.717, 1.165) is 10.5 Å². The lowest BCUT2D eigenvalue weighted by molar-refractivity contribution is -0.132. The molecule has 4 rings (SSSR count). The number of anilines is 1. The molecule has 1 heterocycles. The van der Waals surface area contributed by atoms with E-state index in [0.29, 0.717) is 23.5 Å². The highest BCUT2D eigenvalue weighted by atomic mass is 16.5. The van der Waals surface area contributed by atoms with Gasteiger partial charge in [0.2, 0.25) is 0 Å². The van der Waals surface area contributed by atoms with Gasteiger partial charge in [-0.25, -0.2) is 0 Å². The lowest BCUT2D eigenvalue weighted by atomic mass is 9.93. The number of hydrogen-bond donors (Lipinski definition) is 3. The molecule has 0 aliphatic carbocycles. The van der Waals surface area contributed by atoms with Crippen LogP contribution in [0.5, 0.6) is 17.2 Å². The Hall–Kier alpha value is -4.26. The minimum atomic E-state index is -1.07. The summed E-state index contributed by atoms with van der Waals surface area (Å²) in [4.78, 5) is 27.7. The Labute approximate surface area is 203 Å². The molecule has 1 saturated heterocycles. The largest absolute Gasteiger partial charge is 0.508 e. The molecule has 1 aliphatic heterocycles. The molecule has 3 aromatic rings. The van der Waals surface area contributed by atoms with Gasteiger partial charge in [-0.3, -0.25) is 14.5 Å². The molecule has 1 amide bonds. The van der Waals surface area contributed by atoms with Crippen molar-refractivity contribution in [1.29, 1.82) is 0 Å². The quantitative estimate of drug-likeness (QED) is 0.257. The number of hydrogen-bond acceptors (Lipinski definition) is 6. The number of phenols is 2. The Kier molecular flexibility index (Phi) is 6.51. The molecule has 1 atom stereocenters. The Morgan fingerprint density at radius 2 is 1.74 bits per heavy atom. The Balaban J connectivity index is 1.95. The third-order valence-corrected chi connectivity index (χ3v) is 5.98. The standard InChI is InChI=1S/C28H27NO6/c1-4-35-23-13-12-18(15-20(23)16(2)3)26(32)24-25(17-8-7-9-19(30)14-17)29(28(34)27(24)33)21-10-5-6-11-22(21)31/h5-16,25,30-32H,4H2,1-3H3/b26-24-. The van der Waals surface area contributed by atoms with Gasteiger partial charge in [0, 0.05) is 5.56 Å². The van der Waals surface area contributed by atoms with E-state index in [-0.39, 0.29) is 34.4 Å². The molecule has 0 aromatic heterocycles. The summed E-state index contributed by atoms with van der Waals surface area (Å²) in [7, 11) is 0. The van der Waals surface area contributed by atoms with E-state index in [2.05, 4.69) is 0 Å². The lowest BCUT2D eigenvalue weighted by Crippen LogP contribution is -2.29. The maximum Gasteiger partial charge on any atom is 0.300 e. The van der Waals surface area contributed by atoms with Crippen molar-refractivity contribution in [3.63, 3.8) is 0 Å². The van der Waals surface area contributed by atoms with E-state index in [1.54, 1.807) is 42.5 Å². The van der Waals surface area contributed by atoms with Crippen molar-refractivity contribution in [2.45, 2.75) is 32.7 Å². The van der Waals surface area contributed by atoms with Crippen molar-refractivity contribution < 1.29 is 29.6 Å². The molecular weight excluding hydrogens is 446 g/mol. The second kappa shape index (κ2) is 9.54. The average molecular weight is 474 g/mol. The van der Waals surface area contributed by atoms with Crippen LogP contribution in [0.1, 0.15) is 49.4 Å². The number of para-hydroxylation sites is 2. The topological polar surface area (TPSA) is 107 Å². The van der Waals surface area contributed by atoms with Crippen LogP contribution in [0.3, 0.4) is 0 Å². The number of ether oxygens (including phenoxy) is 1. The first kappa shape index (κ1) is 23.9. The van der Waals surface area contributed by atoms with E-state index in [4.69, 9.17) is 4.74 Å². The molecule has 35 heavy (non-hydrogen) atoms. The molecule has 180 valence electrons. The van der Waals surface area contributed by atoms with Crippen molar-refractivity contribution in [2.24, 2.45) is 0 Å². The summed E-state index contributed by atoms with van der Waals surface area (Å²) in [5, 5.41) is 32.0. The van der Waals surface area contributed by atoms with Crippen molar-refractivity contribution in [3.8, 4) is 17.2 Å². The zero-order chi connectivity index (χ0) is 25.3. The van der Waals surface area contributed by atoms with E-state index in [1.807, 2.05) is 20.8 Å². The molecule has 7 heteroatoms. The van der Waals surface area contributed by atoms with Gasteiger partial charge in [0.1, 0.15) is 23.0 Å². The summed E-state index contributed by atoms with van der Waals surface area (Å²) in [5.41, 5.74) is 1.60. The van der Waals surface area contributed by atoms with Gasteiger partial charge < -0.3 is 20.1 Å². The number of rotatable bonds is 6. The van der Waals surface area contributed by atoms with E-state index < -0.39 is 17.7 Å². The highest BCUT2D eigenvalue weighted by molar-refractivity contribution is 6.51. The molecule has 3 N–H and O–H groups in total. The molecule has 1 aliphatic rings. The molecule has 1 unspecified atom stereocenters. The van der Waals surface area contributed by atoms with Gasteiger partial charge in [-0.05, 0) is 66.4 Å². The third kappa shape index (κ3) is 4.33. The Morgan fingerprint density at radius 1 is 1.00 bits per heavy atom.